The minimum Gasteiger partial charge on any atom is -0.474 e. The fourth-order valence-electron chi connectivity index (χ4n) is 3.20. The number of methoxy groups -OCH3 is 1. The number of guanidine groups is 1. The summed E-state index contributed by atoms with van der Waals surface area (Å²) < 4.78 is 35.8. The highest BCUT2D eigenvalue weighted by Gasteiger charge is 2.25. The van der Waals surface area contributed by atoms with Gasteiger partial charge in [0, 0.05) is 45.4 Å². The van der Waals surface area contributed by atoms with Crippen molar-refractivity contribution in [3.05, 3.63) is 35.7 Å². The SMILES string of the molecule is CN=C(NC#N)N1CCN(c2c(F)cc(-n3cc(CNC(=S)OC)nn3)cc2F)CC1. The summed E-state index contributed by atoms with van der Waals surface area (Å²) in [6, 6.07) is 2.43. The normalized spacial score (nSPS) is 14.2. The third kappa shape index (κ3) is 5.15. The summed E-state index contributed by atoms with van der Waals surface area (Å²) >= 11 is 4.89. The third-order valence-electron chi connectivity index (χ3n) is 4.68. The first-order valence-electron chi connectivity index (χ1n) is 9.31. The molecule has 1 aliphatic heterocycles. The Morgan fingerprint density at radius 3 is 2.55 bits per heavy atom. The molecule has 2 aromatic rings. The quantitative estimate of drug-likeness (QED) is 0.230. The molecule has 0 radical (unpaired) electrons. The van der Waals surface area contributed by atoms with Crippen LogP contribution in [0.1, 0.15) is 5.69 Å². The number of hydrogen-bond donors (Lipinski definition) is 2. The molecule has 1 aliphatic rings. The van der Waals surface area contributed by atoms with Crippen LogP contribution >= 0.6 is 12.2 Å². The third-order valence-corrected chi connectivity index (χ3v) is 4.99. The first-order chi connectivity index (χ1) is 15.0. The molecular formula is C18H21F2N9OS. The van der Waals surface area contributed by atoms with Crippen molar-refractivity contribution in [2.75, 3.05) is 45.2 Å². The van der Waals surface area contributed by atoms with Gasteiger partial charge in [-0.05, 0) is 12.2 Å². The topological polar surface area (TPSA) is 107 Å². The number of nitriles is 1. The number of aliphatic imine (C=N–C) groups is 1. The van der Waals surface area contributed by atoms with E-state index in [1.807, 2.05) is 11.1 Å². The van der Waals surface area contributed by atoms with Crippen LogP contribution in [0.3, 0.4) is 0 Å². The van der Waals surface area contributed by atoms with Crippen LogP contribution in [0.15, 0.2) is 23.3 Å². The van der Waals surface area contributed by atoms with Crippen LogP contribution in [-0.2, 0) is 11.3 Å². The molecule has 0 unspecified atom stereocenters. The number of hydrogen-bond acceptors (Lipinski definition) is 7. The Morgan fingerprint density at radius 1 is 1.29 bits per heavy atom. The minimum atomic E-state index is -0.696. The second-order valence-corrected chi connectivity index (χ2v) is 6.89. The standard InChI is InChI=1S/C18H21F2N9OS/c1-22-17(24-11-21)28-5-3-27(4-6-28)16-14(19)7-13(8-15(16)20)29-10-12(25-26-29)9-23-18(31)30-2/h7-8,10H,3-6,9H2,1-2H3,(H,22,24)(H,23,31). The Labute approximate surface area is 183 Å². The lowest BCUT2D eigenvalue weighted by molar-refractivity contribution is 0.373. The molecule has 31 heavy (non-hydrogen) atoms. The van der Waals surface area contributed by atoms with Crippen LogP contribution in [0, 0.1) is 23.1 Å². The van der Waals surface area contributed by atoms with Gasteiger partial charge < -0.3 is 19.9 Å². The molecular weight excluding hydrogens is 428 g/mol. The van der Waals surface area contributed by atoms with Crippen LogP contribution in [0.25, 0.3) is 5.69 Å². The summed E-state index contributed by atoms with van der Waals surface area (Å²) in [4.78, 5) is 7.50. The molecule has 1 aromatic carbocycles. The van der Waals surface area contributed by atoms with Crippen LogP contribution in [-0.4, -0.2) is 71.4 Å². The van der Waals surface area contributed by atoms with E-state index < -0.39 is 11.6 Å². The van der Waals surface area contributed by atoms with Crippen molar-refractivity contribution in [1.29, 1.82) is 5.26 Å². The number of rotatable bonds is 4. The molecule has 1 fully saturated rings. The van der Waals surface area contributed by atoms with E-state index in [9.17, 15) is 8.78 Å². The lowest BCUT2D eigenvalue weighted by Crippen LogP contribution is -2.52. The van der Waals surface area contributed by atoms with E-state index in [1.165, 1.54) is 23.9 Å². The van der Waals surface area contributed by atoms with Crippen molar-refractivity contribution in [1.82, 2.24) is 30.5 Å². The molecule has 0 bridgehead atoms. The van der Waals surface area contributed by atoms with Gasteiger partial charge in [0.05, 0.1) is 25.5 Å². The van der Waals surface area contributed by atoms with E-state index in [0.29, 0.717) is 37.8 Å². The number of benzene rings is 1. The Bertz CT molecular complexity index is 989. The number of anilines is 1. The zero-order valence-corrected chi connectivity index (χ0v) is 17.8. The maximum absolute atomic E-state index is 14.8. The molecule has 1 saturated heterocycles. The summed E-state index contributed by atoms with van der Waals surface area (Å²) in [5, 5.41) is 22.2. The first-order valence-corrected chi connectivity index (χ1v) is 9.72. The molecule has 0 aliphatic carbocycles. The van der Waals surface area contributed by atoms with E-state index in [4.69, 9.17) is 22.2 Å². The lowest BCUT2D eigenvalue weighted by atomic mass is 10.2. The largest absolute Gasteiger partial charge is 0.474 e. The van der Waals surface area contributed by atoms with Gasteiger partial charge in [0.2, 0.25) is 5.96 Å². The van der Waals surface area contributed by atoms with Crippen molar-refractivity contribution in [2.45, 2.75) is 6.54 Å². The van der Waals surface area contributed by atoms with E-state index >= 15 is 0 Å². The van der Waals surface area contributed by atoms with Gasteiger partial charge in [-0.1, -0.05) is 5.21 Å². The molecule has 0 spiro atoms. The van der Waals surface area contributed by atoms with Gasteiger partial charge in [-0.2, -0.15) is 5.26 Å². The van der Waals surface area contributed by atoms with Crippen molar-refractivity contribution in [3.63, 3.8) is 0 Å². The first kappa shape index (κ1) is 22.2. The molecule has 164 valence electrons. The van der Waals surface area contributed by atoms with Crippen molar-refractivity contribution in [3.8, 4) is 11.9 Å². The van der Waals surface area contributed by atoms with Crippen molar-refractivity contribution in [2.24, 2.45) is 4.99 Å². The predicted molar refractivity (Wildman–Crippen MR) is 114 cm³/mol. The van der Waals surface area contributed by atoms with E-state index in [-0.39, 0.29) is 23.1 Å². The summed E-state index contributed by atoms with van der Waals surface area (Å²) in [6.07, 6.45) is 3.38. The summed E-state index contributed by atoms with van der Waals surface area (Å²) in [7, 11) is 3.01. The number of nitrogens with zero attached hydrogens (tertiary/aromatic N) is 7. The second-order valence-electron chi connectivity index (χ2n) is 6.52. The molecule has 0 atom stereocenters. The molecule has 13 heteroatoms. The fourth-order valence-corrected chi connectivity index (χ4v) is 3.27. The van der Waals surface area contributed by atoms with Gasteiger partial charge in [0.15, 0.2) is 17.8 Å². The zero-order chi connectivity index (χ0) is 22.4. The number of halogens is 2. The van der Waals surface area contributed by atoms with Crippen molar-refractivity contribution < 1.29 is 13.5 Å². The maximum atomic E-state index is 14.8. The fraction of sp³-hybridized carbons (Fsp3) is 0.389. The number of piperazine rings is 1. The van der Waals surface area contributed by atoms with Crippen LogP contribution in [0.2, 0.25) is 0 Å². The van der Waals surface area contributed by atoms with Crippen molar-refractivity contribution >= 4 is 29.0 Å². The number of nitrogens with one attached hydrogen (secondary N) is 2. The summed E-state index contributed by atoms with van der Waals surface area (Å²) in [6.45, 7) is 1.94. The number of thiocarbonyl (C=S) groups is 1. The second kappa shape index (κ2) is 9.98. The maximum Gasteiger partial charge on any atom is 0.256 e. The molecule has 0 amide bonds. The van der Waals surface area contributed by atoms with Crippen LogP contribution in [0.5, 0.6) is 0 Å². The van der Waals surface area contributed by atoms with Gasteiger partial charge in [-0.25, -0.2) is 13.5 Å². The smallest absolute Gasteiger partial charge is 0.256 e. The molecule has 2 N–H and O–H groups in total. The predicted octanol–water partition coefficient (Wildman–Crippen LogP) is 0.745. The Hall–Kier alpha value is -3.53. The minimum absolute atomic E-state index is 0.0981. The Morgan fingerprint density at radius 2 is 1.97 bits per heavy atom. The van der Waals surface area contributed by atoms with E-state index in [0.717, 1.165) is 0 Å². The van der Waals surface area contributed by atoms with Crippen LogP contribution in [0.4, 0.5) is 14.5 Å². The van der Waals surface area contributed by atoms with E-state index in [2.05, 4.69) is 25.9 Å². The molecule has 10 nitrogen and oxygen atoms in total. The molecule has 1 aromatic heterocycles. The van der Waals surface area contributed by atoms with Crippen LogP contribution < -0.4 is 15.5 Å². The van der Waals surface area contributed by atoms with Gasteiger partial charge in [-0.3, -0.25) is 10.3 Å². The summed E-state index contributed by atoms with van der Waals surface area (Å²) in [5.74, 6) is -0.960. The molecule has 3 rings (SSSR count). The summed E-state index contributed by atoms with van der Waals surface area (Å²) in [5.41, 5.74) is 0.642. The lowest BCUT2D eigenvalue weighted by Gasteiger charge is -2.37. The highest BCUT2D eigenvalue weighted by Crippen LogP contribution is 2.27. The number of aromatic nitrogens is 3. The molecule has 2 heterocycles. The highest BCUT2D eigenvalue weighted by molar-refractivity contribution is 7.80. The zero-order valence-electron chi connectivity index (χ0n) is 17.0. The van der Waals surface area contributed by atoms with Gasteiger partial charge in [0.25, 0.3) is 5.17 Å². The average Bonchev–Trinajstić information content (AvgIpc) is 3.25. The number of ether oxygens (including phenoxy) is 1. The highest BCUT2D eigenvalue weighted by atomic mass is 32.1. The van der Waals surface area contributed by atoms with Gasteiger partial charge in [0.1, 0.15) is 11.4 Å². The Kier molecular flexibility index (Phi) is 7.14. The van der Waals surface area contributed by atoms with Gasteiger partial charge >= 0.3 is 0 Å². The Balaban J connectivity index is 1.71. The monoisotopic (exact) mass is 449 g/mol. The van der Waals surface area contributed by atoms with E-state index in [1.54, 1.807) is 18.1 Å². The average molecular weight is 449 g/mol. The van der Waals surface area contributed by atoms with Gasteiger partial charge in [-0.15, -0.1) is 5.10 Å². The molecule has 0 saturated carbocycles.